The summed E-state index contributed by atoms with van der Waals surface area (Å²) in [4.78, 5) is 0. The van der Waals surface area contributed by atoms with Gasteiger partial charge in [0.05, 0.1) is 4.11 Å². The lowest BCUT2D eigenvalue weighted by atomic mass is 9.77. The molecule has 0 saturated heterocycles. The van der Waals surface area contributed by atoms with Crippen molar-refractivity contribution in [2.75, 3.05) is 0 Å². The van der Waals surface area contributed by atoms with Crippen molar-refractivity contribution in [3.8, 4) is 0 Å². The monoisotopic (exact) mass is 283 g/mol. The zero-order valence-electron chi connectivity index (χ0n) is 12.9. The third kappa shape index (κ3) is 3.10. The Balaban J connectivity index is 2.16. The molecular weight excluding hydrogens is 260 g/mol. The molecule has 1 aliphatic carbocycles. The smallest absolute Gasteiger partial charge is 0.0635 e. The lowest BCUT2D eigenvalue weighted by molar-refractivity contribution is 0.308. The SMILES string of the molecule is [2H]c1cc(C2CCC(CCC)CC2)c([2H])c([2H])c1Br. The molecule has 0 nitrogen and oxygen atoms in total. The van der Waals surface area contributed by atoms with Crippen molar-refractivity contribution < 1.29 is 4.11 Å². The zero-order chi connectivity index (χ0) is 14.0. The second-order valence-corrected chi connectivity index (χ2v) is 5.61. The highest BCUT2D eigenvalue weighted by Crippen LogP contribution is 2.37. The molecule has 1 aromatic carbocycles. The molecule has 16 heavy (non-hydrogen) atoms. The molecule has 1 fully saturated rings. The lowest BCUT2D eigenvalue weighted by Crippen LogP contribution is -2.13. The van der Waals surface area contributed by atoms with Crippen LogP contribution in [-0.2, 0) is 0 Å². The van der Waals surface area contributed by atoms with E-state index in [9.17, 15) is 0 Å². The second-order valence-electron chi connectivity index (χ2n) is 4.81. The summed E-state index contributed by atoms with van der Waals surface area (Å²) in [5.74, 6) is 1.22. The molecule has 0 atom stereocenters. The third-order valence-corrected chi connectivity index (χ3v) is 4.08. The van der Waals surface area contributed by atoms with E-state index in [0.717, 1.165) is 24.3 Å². The van der Waals surface area contributed by atoms with Crippen molar-refractivity contribution >= 4 is 15.9 Å². The predicted octanol–water partition coefficient (Wildman–Crippen LogP) is 5.52. The van der Waals surface area contributed by atoms with Gasteiger partial charge in [0.25, 0.3) is 0 Å². The first kappa shape index (κ1) is 8.74. The molecule has 0 bridgehead atoms. The normalized spacial score (nSPS) is 28.2. The zero-order valence-corrected chi connectivity index (χ0v) is 11.4. The van der Waals surface area contributed by atoms with E-state index in [0.29, 0.717) is 22.5 Å². The van der Waals surface area contributed by atoms with Gasteiger partial charge in [-0.25, -0.2) is 0 Å². The van der Waals surface area contributed by atoms with E-state index in [1.54, 1.807) is 6.07 Å². The minimum absolute atomic E-state index is 0.165. The van der Waals surface area contributed by atoms with Crippen molar-refractivity contribution in [2.24, 2.45) is 5.92 Å². The standard InChI is InChI=1S/C15H21Br/c1-2-3-12-4-6-13(7-5-12)14-8-10-15(16)11-9-14/h8-13H,2-7H2,1H3/i8D,10D,11D. The number of hydrogen-bond acceptors (Lipinski definition) is 0. The predicted molar refractivity (Wildman–Crippen MR) is 73.7 cm³/mol. The summed E-state index contributed by atoms with van der Waals surface area (Å²) >= 11 is 3.22. The molecule has 0 radical (unpaired) electrons. The quantitative estimate of drug-likeness (QED) is 0.685. The highest BCUT2D eigenvalue weighted by atomic mass is 79.9. The Morgan fingerprint density at radius 2 is 2.00 bits per heavy atom. The molecule has 0 aliphatic heterocycles. The Morgan fingerprint density at radius 3 is 2.69 bits per heavy atom. The summed E-state index contributed by atoms with van der Waals surface area (Å²) in [6.07, 6.45) is 7.25. The van der Waals surface area contributed by atoms with Crippen LogP contribution in [0.1, 0.15) is 61.0 Å². The van der Waals surface area contributed by atoms with Crippen LogP contribution in [-0.4, -0.2) is 0 Å². The molecule has 1 aromatic rings. The number of hydrogen-bond donors (Lipinski definition) is 0. The molecule has 1 aliphatic rings. The maximum absolute atomic E-state index is 8.10. The van der Waals surface area contributed by atoms with Crippen molar-refractivity contribution in [3.63, 3.8) is 0 Å². The lowest BCUT2D eigenvalue weighted by Gasteiger charge is -2.28. The van der Waals surface area contributed by atoms with Gasteiger partial charge in [-0.2, -0.15) is 0 Å². The molecule has 0 spiro atoms. The number of benzene rings is 1. The van der Waals surface area contributed by atoms with Crippen molar-refractivity contribution in [1.82, 2.24) is 0 Å². The van der Waals surface area contributed by atoms with Crippen LogP contribution in [0, 0.1) is 5.92 Å². The van der Waals surface area contributed by atoms with Crippen LogP contribution in [0.25, 0.3) is 0 Å². The summed E-state index contributed by atoms with van der Waals surface area (Å²) < 4.78 is 24.3. The van der Waals surface area contributed by atoms with Crippen LogP contribution in [0.3, 0.4) is 0 Å². The molecule has 0 amide bonds. The van der Waals surface area contributed by atoms with Gasteiger partial charge in [-0.1, -0.05) is 47.8 Å². The van der Waals surface area contributed by atoms with E-state index >= 15 is 0 Å². The first-order chi connectivity index (χ1) is 9.04. The minimum atomic E-state index is 0.165. The molecule has 0 unspecified atom stereocenters. The third-order valence-electron chi connectivity index (χ3n) is 3.65. The molecule has 1 heteroatoms. The summed E-state index contributed by atoms with van der Waals surface area (Å²) in [7, 11) is 0. The summed E-state index contributed by atoms with van der Waals surface area (Å²) in [6, 6.07) is 2.60. The topological polar surface area (TPSA) is 0 Å². The van der Waals surface area contributed by atoms with Gasteiger partial charge in [0, 0.05) is 4.47 Å². The molecule has 0 heterocycles. The van der Waals surface area contributed by atoms with Gasteiger partial charge in [-0.15, -0.1) is 0 Å². The van der Waals surface area contributed by atoms with Gasteiger partial charge >= 0.3 is 0 Å². The first-order valence-corrected chi connectivity index (χ1v) is 7.10. The van der Waals surface area contributed by atoms with E-state index in [1.165, 1.54) is 25.7 Å². The molecule has 0 N–H and O–H groups in total. The summed E-state index contributed by atoms with van der Waals surface area (Å²) in [6.45, 7) is 2.24. The van der Waals surface area contributed by atoms with Crippen molar-refractivity contribution in [3.05, 3.63) is 34.2 Å². The van der Waals surface area contributed by atoms with Gasteiger partial charge < -0.3 is 0 Å². The van der Waals surface area contributed by atoms with Crippen LogP contribution < -0.4 is 0 Å². The van der Waals surface area contributed by atoms with E-state index in [4.69, 9.17) is 4.11 Å². The van der Waals surface area contributed by atoms with Crippen molar-refractivity contribution in [1.29, 1.82) is 0 Å². The van der Waals surface area contributed by atoms with Gasteiger partial charge in [-0.05, 0) is 55.2 Å². The number of halogens is 1. The first-order valence-electron chi connectivity index (χ1n) is 7.80. The van der Waals surface area contributed by atoms with Crippen LogP contribution >= 0.6 is 15.9 Å². The van der Waals surface area contributed by atoms with E-state index in [1.807, 2.05) is 0 Å². The average molecular weight is 284 g/mol. The molecule has 0 aromatic heterocycles. The van der Waals surface area contributed by atoms with E-state index in [2.05, 4.69) is 22.9 Å². The highest BCUT2D eigenvalue weighted by Gasteiger charge is 2.21. The van der Waals surface area contributed by atoms with Crippen LogP contribution in [0.4, 0.5) is 0 Å². The molecule has 2 rings (SSSR count). The number of rotatable bonds is 3. The van der Waals surface area contributed by atoms with E-state index < -0.39 is 0 Å². The minimum Gasteiger partial charge on any atom is -0.0654 e. The molecule has 1 saturated carbocycles. The molecule has 88 valence electrons. The fraction of sp³-hybridized carbons (Fsp3) is 0.600. The van der Waals surface area contributed by atoms with Gasteiger partial charge in [-0.3, -0.25) is 0 Å². The fourth-order valence-corrected chi connectivity index (χ4v) is 2.94. The Morgan fingerprint density at radius 1 is 1.25 bits per heavy atom. The Kier molecular flexibility index (Phi) is 3.20. The summed E-state index contributed by atoms with van der Waals surface area (Å²) in [5, 5.41) is 0. The molecular formula is C15H21Br. The van der Waals surface area contributed by atoms with Crippen LogP contribution in [0.2, 0.25) is 0 Å². The van der Waals surface area contributed by atoms with Gasteiger partial charge in [0.1, 0.15) is 0 Å². The van der Waals surface area contributed by atoms with Crippen LogP contribution in [0.5, 0.6) is 0 Å². The van der Waals surface area contributed by atoms with Crippen LogP contribution in [0.15, 0.2) is 28.7 Å². The van der Waals surface area contributed by atoms with Gasteiger partial charge in [0.15, 0.2) is 0 Å². The van der Waals surface area contributed by atoms with Gasteiger partial charge in [0.2, 0.25) is 0 Å². The summed E-state index contributed by atoms with van der Waals surface area (Å²) in [5.41, 5.74) is 0.910. The van der Waals surface area contributed by atoms with E-state index in [-0.39, 0.29) is 6.04 Å². The Bertz CT molecular complexity index is 451. The maximum atomic E-state index is 8.10. The maximum Gasteiger partial charge on any atom is 0.0635 e. The fourth-order valence-electron chi connectivity index (χ4n) is 2.73. The Hall–Kier alpha value is -0.300. The second kappa shape index (κ2) is 5.86. The average Bonchev–Trinajstić information content (AvgIpc) is 2.42. The largest absolute Gasteiger partial charge is 0.0654 e. The highest BCUT2D eigenvalue weighted by molar-refractivity contribution is 9.10. The van der Waals surface area contributed by atoms with Crippen molar-refractivity contribution in [2.45, 2.75) is 51.4 Å². The Labute approximate surface area is 112 Å².